The van der Waals surface area contributed by atoms with E-state index in [-0.39, 0.29) is 11.8 Å². The molecular formula is C20H21N5O2. The third-order valence-corrected chi connectivity index (χ3v) is 5.36. The summed E-state index contributed by atoms with van der Waals surface area (Å²) in [5, 5.41) is 1.09. The molecule has 7 nitrogen and oxygen atoms in total. The van der Waals surface area contributed by atoms with E-state index in [1.165, 1.54) is 0 Å². The van der Waals surface area contributed by atoms with Gasteiger partial charge in [0.15, 0.2) is 5.65 Å². The Hall–Kier alpha value is -2.93. The molecule has 0 aliphatic carbocycles. The maximum Gasteiger partial charge on any atom is 0.327 e. The molecular weight excluding hydrogens is 342 g/mol. The average Bonchev–Trinajstić information content (AvgIpc) is 3.22. The van der Waals surface area contributed by atoms with Crippen LogP contribution in [0.5, 0.6) is 0 Å². The first-order valence-electron chi connectivity index (χ1n) is 9.33. The van der Waals surface area contributed by atoms with Crippen molar-refractivity contribution in [3.05, 3.63) is 46.8 Å². The highest BCUT2D eigenvalue weighted by Gasteiger charge is 2.18. The topological polar surface area (TPSA) is 88.6 Å². The number of pyridine rings is 2. The number of H-pyrrole nitrogens is 2. The maximum atomic E-state index is 12.4. The molecule has 0 radical (unpaired) electrons. The van der Waals surface area contributed by atoms with E-state index in [0.29, 0.717) is 12.2 Å². The molecule has 7 heteroatoms. The first-order valence-corrected chi connectivity index (χ1v) is 9.33. The Morgan fingerprint density at radius 1 is 1.19 bits per heavy atom. The Kier molecular flexibility index (Phi) is 3.82. The van der Waals surface area contributed by atoms with E-state index in [9.17, 15) is 4.79 Å². The number of aryl methyl sites for hydroxylation is 1. The Bertz CT molecular complexity index is 1180. The monoisotopic (exact) mass is 363 g/mol. The van der Waals surface area contributed by atoms with Crippen LogP contribution in [0.1, 0.15) is 24.8 Å². The lowest BCUT2D eigenvalue weighted by molar-refractivity contribution is 0.00613. The van der Waals surface area contributed by atoms with Gasteiger partial charge in [0.25, 0.3) is 0 Å². The predicted molar refractivity (Wildman–Crippen MR) is 104 cm³/mol. The standard InChI is InChI=1S/C20H21N5O2/c1-12-8-21-18-16(12)6-13(9-22-18)14-7-17-19(23-10-14)24-20(26)25(17)11-15-4-2-3-5-27-15/h6-10,15H,2-5,11H2,1H3,(H,21,22)(H,23,24,26). The summed E-state index contributed by atoms with van der Waals surface area (Å²) in [7, 11) is 0. The molecule has 4 aromatic heterocycles. The van der Waals surface area contributed by atoms with Gasteiger partial charge in [-0.15, -0.1) is 0 Å². The molecule has 1 atom stereocenters. The highest BCUT2D eigenvalue weighted by atomic mass is 16.5. The van der Waals surface area contributed by atoms with Gasteiger partial charge in [0.2, 0.25) is 0 Å². The molecule has 1 saturated heterocycles. The van der Waals surface area contributed by atoms with Crippen LogP contribution in [0.25, 0.3) is 33.3 Å². The molecule has 138 valence electrons. The summed E-state index contributed by atoms with van der Waals surface area (Å²) >= 11 is 0. The first-order chi connectivity index (χ1) is 13.2. The second kappa shape index (κ2) is 6.35. The fraction of sp³-hybridized carbons (Fsp3) is 0.350. The van der Waals surface area contributed by atoms with Gasteiger partial charge in [-0.05, 0) is 43.9 Å². The van der Waals surface area contributed by atoms with Gasteiger partial charge in [-0.25, -0.2) is 14.8 Å². The quantitative estimate of drug-likeness (QED) is 0.585. The van der Waals surface area contributed by atoms with Crippen LogP contribution >= 0.6 is 0 Å². The smallest absolute Gasteiger partial charge is 0.327 e. The van der Waals surface area contributed by atoms with Crippen molar-refractivity contribution in [2.45, 2.75) is 38.8 Å². The molecule has 1 aliphatic rings. The number of rotatable bonds is 3. The van der Waals surface area contributed by atoms with Crippen molar-refractivity contribution >= 4 is 22.2 Å². The van der Waals surface area contributed by atoms with Gasteiger partial charge in [0.05, 0.1) is 18.2 Å². The maximum absolute atomic E-state index is 12.4. The van der Waals surface area contributed by atoms with Gasteiger partial charge in [-0.2, -0.15) is 0 Å². The van der Waals surface area contributed by atoms with Crippen molar-refractivity contribution in [2.24, 2.45) is 0 Å². The van der Waals surface area contributed by atoms with Crippen LogP contribution in [0.15, 0.2) is 35.5 Å². The lowest BCUT2D eigenvalue weighted by Crippen LogP contribution is -2.29. The van der Waals surface area contributed by atoms with Crippen LogP contribution < -0.4 is 5.69 Å². The van der Waals surface area contributed by atoms with Gasteiger partial charge in [-0.3, -0.25) is 9.55 Å². The number of fused-ring (bicyclic) bond motifs is 2. The minimum absolute atomic E-state index is 0.0830. The summed E-state index contributed by atoms with van der Waals surface area (Å²) in [5.74, 6) is 0. The number of aromatic amines is 2. The van der Waals surface area contributed by atoms with Crippen LogP contribution in [-0.4, -0.2) is 37.2 Å². The van der Waals surface area contributed by atoms with E-state index in [2.05, 4.69) is 32.9 Å². The van der Waals surface area contributed by atoms with Gasteiger partial charge in [0, 0.05) is 41.7 Å². The summed E-state index contributed by atoms with van der Waals surface area (Å²) in [6, 6.07) is 4.12. The van der Waals surface area contributed by atoms with Crippen molar-refractivity contribution in [1.82, 2.24) is 24.5 Å². The molecule has 0 saturated carbocycles. The van der Waals surface area contributed by atoms with Crippen molar-refractivity contribution in [2.75, 3.05) is 6.61 Å². The van der Waals surface area contributed by atoms with Crippen molar-refractivity contribution < 1.29 is 4.74 Å². The number of nitrogens with one attached hydrogen (secondary N) is 2. The zero-order chi connectivity index (χ0) is 18.4. The summed E-state index contributed by atoms with van der Waals surface area (Å²) in [4.78, 5) is 27.4. The van der Waals surface area contributed by atoms with E-state index in [0.717, 1.165) is 59.1 Å². The largest absolute Gasteiger partial charge is 0.376 e. The van der Waals surface area contributed by atoms with Gasteiger partial charge in [0.1, 0.15) is 5.65 Å². The number of ether oxygens (including phenoxy) is 1. The molecule has 27 heavy (non-hydrogen) atoms. The second-order valence-electron chi connectivity index (χ2n) is 7.21. The van der Waals surface area contributed by atoms with Crippen molar-refractivity contribution in [3.8, 4) is 11.1 Å². The predicted octanol–water partition coefficient (Wildman–Crippen LogP) is 3.15. The Labute approximate surface area is 155 Å². The second-order valence-corrected chi connectivity index (χ2v) is 7.21. The third-order valence-electron chi connectivity index (χ3n) is 5.36. The summed E-state index contributed by atoms with van der Waals surface area (Å²) in [6.45, 7) is 3.38. The molecule has 0 amide bonds. The Morgan fingerprint density at radius 3 is 2.81 bits per heavy atom. The van der Waals surface area contributed by atoms with E-state index in [1.807, 2.05) is 18.5 Å². The van der Waals surface area contributed by atoms with Gasteiger partial charge in [-0.1, -0.05) is 0 Å². The molecule has 0 bridgehead atoms. The molecule has 2 N–H and O–H groups in total. The van der Waals surface area contributed by atoms with Gasteiger partial charge >= 0.3 is 5.69 Å². The number of hydrogen-bond acceptors (Lipinski definition) is 4. The molecule has 1 unspecified atom stereocenters. The van der Waals surface area contributed by atoms with Gasteiger partial charge < -0.3 is 9.72 Å². The minimum atomic E-state index is -0.140. The lowest BCUT2D eigenvalue weighted by Gasteiger charge is -2.22. The van der Waals surface area contributed by atoms with Crippen LogP contribution in [-0.2, 0) is 11.3 Å². The lowest BCUT2D eigenvalue weighted by atomic mass is 10.1. The third kappa shape index (κ3) is 2.84. The summed E-state index contributed by atoms with van der Waals surface area (Å²) in [6.07, 6.45) is 8.88. The first kappa shape index (κ1) is 16.3. The molecule has 0 spiro atoms. The molecule has 5 heterocycles. The zero-order valence-electron chi connectivity index (χ0n) is 15.2. The number of nitrogens with zero attached hydrogens (tertiary/aromatic N) is 3. The number of hydrogen-bond donors (Lipinski definition) is 2. The zero-order valence-corrected chi connectivity index (χ0v) is 15.2. The molecule has 1 aliphatic heterocycles. The number of imidazole rings is 1. The highest BCUT2D eigenvalue weighted by Crippen LogP contribution is 2.26. The fourth-order valence-electron chi connectivity index (χ4n) is 3.82. The van der Waals surface area contributed by atoms with Crippen LogP contribution in [0.4, 0.5) is 0 Å². The van der Waals surface area contributed by atoms with Crippen molar-refractivity contribution in [1.29, 1.82) is 0 Å². The molecule has 5 rings (SSSR count). The highest BCUT2D eigenvalue weighted by molar-refractivity contribution is 5.86. The summed E-state index contributed by atoms with van der Waals surface area (Å²) < 4.78 is 7.56. The normalized spacial score (nSPS) is 17.7. The Balaban J connectivity index is 1.58. The number of aromatic nitrogens is 5. The average molecular weight is 363 g/mol. The molecule has 4 aromatic rings. The fourth-order valence-corrected chi connectivity index (χ4v) is 3.82. The van der Waals surface area contributed by atoms with E-state index in [1.54, 1.807) is 10.8 Å². The minimum Gasteiger partial charge on any atom is -0.376 e. The van der Waals surface area contributed by atoms with E-state index in [4.69, 9.17) is 4.74 Å². The Morgan fingerprint density at radius 2 is 2.00 bits per heavy atom. The molecule has 1 fully saturated rings. The van der Waals surface area contributed by atoms with E-state index >= 15 is 0 Å². The SMILES string of the molecule is Cc1c[nH]c2ncc(-c3cnc4[nH]c(=O)n(CC5CCCCO5)c4c3)cc12. The van der Waals surface area contributed by atoms with Crippen LogP contribution in [0, 0.1) is 6.92 Å². The van der Waals surface area contributed by atoms with Crippen LogP contribution in [0.3, 0.4) is 0 Å². The van der Waals surface area contributed by atoms with E-state index < -0.39 is 0 Å². The van der Waals surface area contributed by atoms with Crippen LogP contribution in [0.2, 0.25) is 0 Å². The summed E-state index contributed by atoms with van der Waals surface area (Å²) in [5.41, 5.74) is 5.21. The molecule has 0 aromatic carbocycles. The van der Waals surface area contributed by atoms with Crippen molar-refractivity contribution in [3.63, 3.8) is 0 Å².